The van der Waals surface area contributed by atoms with Crippen molar-refractivity contribution in [1.82, 2.24) is 15.0 Å². The summed E-state index contributed by atoms with van der Waals surface area (Å²) in [5.74, 6) is 0.882. The van der Waals surface area contributed by atoms with Crippen LogP contribution in [-0.4, -0.2) is 39.2 Å². The largest absolute Gasteiger partial charge is 0.495 e. The van der Waals surface area contributed by atoms with Crippen LogP contribution in [0, 0.1) is 12.8 Å². The van der Waals surface area contributed by atoms with Gasteiger partial charge in [0.05, 0.1) is 28.7 Å². The number of methoxy groups -OCH3 is 1. The second-order valence-electron chi connectivity index (χ2n) is 9.72. The smallest absolute Gasteiger partial charge is 0.259 e. The van der Waals surface area contributed by atoms with Crippen LogP contribution < -0.4 is 25.5 Å². The standard InChI is InChI=1S/C24H26N4O3S.C5H10O/c1-7-19-21(8-14(4)13(2)3)32-24(27-19)28-23(30)18-11-25-15(5)9-16(18)17-10-22(29)26-12-20(17)31-6;1-4-2-5(6)3-4/h7-12H,1-6H3,(H,26,29)(H,27,28,30);4-6H,2-3H2,1H3/b19-7+,21-8+;. The molecular formula is C29H36N4O4S. The third kappa shape index (κ3) is 7.26. The molecule has 0 aromatic carbocycles. The van der Waals surface area contributed by atoms with Crippen molar-refractivity contribution in [3.05, 3.63) is 67.2 Å². The number of H-pyrrole nitrogens is 1. The van der Waals surface area contributed by atoms with E-state index in [9.17, 15) is 9.59 Å². The van der Waals surface area contributed by atoms with Crippen molar-refractivity contribution < 1.29 is 14.6 Å². The van der Waals surface area contributed by atoms with E-state index in [0.717, 1.165) is 34.2 Å². The zero-order chi connectivity index (χ0) is 28.0. The minimum Gasteiger partial charge on any atom is -0.495 e. The molecule has 3 aromatic rings. The van der Waals surface area contributed by atoms with Crippen LogP contribution in [0.25, 0.3) is 23.3 Å². The summed E-state index contributed by atoms with van der Waals surface area (Å²) in [5.41, 5.74) is 4.19. The number of hydrogen-bond donors (Lipinski definition) is 3. The van der Waals surface area contributed by atoms with E-state index in [1.807, 2.05) is 26.8 Å². The highest BCUT2D eigenvalue weighted by Crippen LogP contribution is 2.31. The fraction of sp³-hybridized carbons (Fsp3) is 0.379. The Morgan fingerprint density at radius 1 is 1.24 bits per heavy atom. The molecule has 0 bridgehead atoms. The monoisotopic (exact) mass is 536 g/mol. The number of nitrogens with zero attached hydrogens (tertiary/aromatic N) is 2. The molecule has 9 heteroatoms. The van der Waals surface area contributed by atoms with Crippen LogP contribution in [0.5, 0.6) is 5.75 Å². The third-order valence-electron chi connectivity index (χ3n) is 6.34. The molecule has 0 unspecified atom stereocenters. The van der Waals surface area contributed by atoms with Crippen LogP contribution in [0.3, 0.4) is 0 Å². The number of anilines is 1. The molecule has 0 radical (unpaired) electrons. The van der Waals surface area contributed by atoms with Crippen LogP contribution in [0.2, 0.25) is 0 Å². The maximum absolute atomic E-state index is 13.2. The fourth-order valence-electron chi connectivity index (χ4n) is 3.87. The molecule has 3 heterocycles. The minimum atomic E-state index is -0.364. The van der Waals surface area contributed by atoms with E-state index in [-0.39, 0.29) is 17.6 Å². The van der Waals surface area contributed by atoms with Gasteiger partial charge >= 0.3 is 0 Å². The van der Waals surface area contributed by atoms with Crippen molar-refractivity contribution in [2.24, 2.45) is 5.92 Å². The molecule has 1 saturated carbocycles. The molecule has 1 aliphatic carbocycles. The summed E-state index contributed by atoms with van der Waals surface area (Å²) in [6, 6.07) is 3.17. The second-order valence-corrected chi connectivity index (χ2v) is 10.8. The van der Waals surface area contributed by atoms with Gasteiger partial charge in [0.15, 0.2) is 5.13 Å². The number of thiazole rings is 1. The van der Waals surface area contributed by atoms with Crippen molar-refractivity contribution in [3.63, 3.8) is 0 Å². The highest BCUT2D eigenvalue weighted by atomic mass is 32.1. The number of aryl methyl sites for hydroxylation is 1. The van der Waals surface area contributed by atoms with Gasteiger partial charge in [-0.3, -0.25) is 19.9 Å². The van der Waals surface area contributed by atoms with Gasteiger partial charge in [-0.1, -0.05) is 35.5 Å². The highest BCUT2D eigenvalue weighted by Gasteiger charge is 2.22. The van der Waals surface area contributed by atoms with Gasteiger partial charge in [0.25, 0.3) is 5.91 Å². The Kier molecular flexibility index (Phi) is 9.77. The Hall–Kier alpha value is -3.56. The van der Waals surface area contributed by atoms with E-state index in [4.69, 9.17) is 9.84 Å². The third-order valence-corrected chi connectivity index (χ3v) is 7.28. The average molecular weight is 537 g/mol. The number of amides is 1. The van der Waals surface area contributed by atoms with Gasteiger partial charge in [-0.2, -0.15) is 0 Å². The average Bonchev–Trinajstić information content (AvgIpc) is 3.24. The van der Waals surface area contributed by atoms with Gasteiger partial charge in [0.2, 0.25) is 5.56 Å². The summed E-state index contributed by atoms with van der Waals surface area (Å²) >= 11 is 1.40. The van der Waals surface area contributed by atoms with Gasteiger partial charge in [-0.15, -0.1) is 0 Å². The van der Waals surface area contributed by atoms with Crippen LogP contribution in [0.15, 0.2) is 40.5 Å². The molecular weight excluding hydrogens is 500 g/mol. The molecule has 0 atom stereocenters. The SMILES string of the molecule is C/C=c1/nc(NC(=O)c2cnc(C)cc2-c2cc(=O)[nH]cc2OC)s/c1=C/C(C)=C(C)C.CC1CC(O)C1. The Labute approximate surface area is 226 Å². The lowest BCUT2D eigenvalue weighted by Crippen LogP contribution is -2.25. The van der Waals surface area contributed by atoms with Gasteiger partial charge in [0, 0.05) is 35.3 Å². The minimum absolute atomic E-state index is 0.0417. The number of carbonyl (C=O) groups excluding carboxylic acids is 1. The summed E-state index contributed by atoms with van der Waals surface area (Å²) in [4.78, 5) is 36.6. The van der Waals surface area contributed by atoms with Crippen LogP contribution >= 0.6 is 11.3 Å². The number of hydrogen-bond acceptors (Lipinski definition) is 7. The molecule has 0 spiro atoms. The first-order valence-electron chi connectivity index (χ1n) is 12.5. The zero-order valence-corrected chi connectivity index (χ0v) is 23.8. The van der Waals surface area contributed by atoms with Gasteiger partial charge < -0.3 is 14.8 Å². The van der Waals surface area contributed by atoms with Gasteiger partial charge in [-0.25, -0.2) is 4.98 Å². The second kappa shape index (κ2) is 12.8. The number of allylic oxidation sites excluding steroid dienone is 2. The maximum atomic E-state index is 13.2. The van der Waals surface area contributed by atoms with Crippen LogP contribution in [0.1, 0.15) is 63.5 Å². The van der Waals surface area contributed by atoms with E-state index in [1.54, 1.807) is 6.07 Å². The molecule has 4 rings (SSSR count). The first-order valence-corrected chi connectivity index (χ1v) is 13.4. The lowest BCUT2D eigenvalue weighted by atomic mass is 9.84. The summed E-state index contributed by atoms with van der Waals surface area (Å²) in [6.07, 6.45) is 9.06. The number of aromatic nitrogens is 3. The molecule has 1 aliphatic rings. The number of aromatic amines is 1. The molecule has 202 valence electrons. The van der Waals surface area contributed by atoms with E-state index in [2.05, 4.69) is 47.1 Å². The molecule has 38 heavy (non-hydrogen) atoms. The van der Waals surface area contributed by atoms with Crippen molar-refractivity contribution in [2.45, 2.75) is 60.5 Å². The molecule has 3 N–H and O–H groups in total. The topological polar surface area (TPSA) is 117 Å². The Balaban J connectivity index is 0.000000585. The molecule has 3 aromatic heterocycles. The van der Waals surface area contributed by atoms with Gasteiger partial charge in [0.1, 0.15) is 5.75 Å². The van der Waals surface area contributed by atoms with E-state index in [0.29, 0.717) is 33.3 Å². The summed E-state index contributed by atoms with van der Waals surface area (Å²) in [6.45, 7) is 12.1. The van der Waals surface area contributed by atoms with Crippen molar-refractivity contribution in [1.29, 1.82) is 0 Å². The van der Waals surface area contributed by atoms with E-state index in [1.165, 1.54) is 42.5 Å². The predicted molar refractivity (Wildman–Crippen MR) is 154 cm³/mol. The number of rotatable bonds is 5. The Bertz CT molecular complexity index is 1500. The quantitative estimate of drug-likeness (QED) is 0.451. The number of carbonyl (C=O) groups is 1. The van der Waals surface area contributed by atoms with Crippen LogP contribution in [0.4, 0.5) is 5.13 Å². The first kappa shape index (κ1) is 29.0. The zero-order valence-electron chi connectivity index (χ0n) is 23.0. The maximum Gasteiger partial charge on any atom is 0.259 e. The van der Waals surface area contributed by atoms with Crippen molar-refractivity contribution >= 4 is 34.5 Å². The van der Waals surface area contributed by atoms with E-state index < -0.39 is 0 Å². The van der Waals surface area contributed by atoms with E-state index >= 15 is 0 Å². The number of nitrogens with one attached hydrogen (secondary N) is 2. The highest BCUT2D eigenvalue weighted by molar-refractivity contribution is 7.13. The lowest BCUT2D eigenvalue weighted by molar-refractivity contribution is 0.0513. The normalized spacial score (nSPS) is 17.3. The molecule has 1 fully saturated rings. The summed E-state index contributed by atoms with van der Waals surface area (Å²) in [7, 11) is 1.51. The number of ether oxygens (including phenoxy) is 1. The van der Waals surface area contributed by atoms with Crippen molar-refractivity contribution in [2.75, 3.05) is 12.4 Å². The van der Waals surface area contributed by atoms with Crippen LogP contribution in [-0.2, 0) is 0 Å². The lowest BCUT2D eigenvalue weighted by Gasteiger charge is -2.27. The fourth-order valence-corrected chi connectivity index (χ4v) is 4.87. The Morgan fingerprint density at radius 2 is 1.95 bits per heavy atom. The summed E-state index contributed by atoms with van der Waals surface area (Å²) in [5, 5.41) is 12.8. The van der Waals surface area contributed by atoms with Crippen molar-refractivity contribution in [3.8, 4) is 16.9 Å². The number of aliphatic hydroxyl groups is 1. The Morgan fingerprint density at radius 3 is 2.50 bits per heavy atom. The molecule has 1 amide bonds. The molecule has 8 nitrogen and oxygen atoms in total. The summed E-state index contributed by atoms with van der Waals surface area (Å²) < 4.78 is 6.36. The number of aliphatic hydroxyl groups excluding tert-OH is 1. The molecule has 0 aliphatic heterocycles. The first-order chi connectivity index (χ1) is 18.0. The number of pyridine rings is 2. The predicted octanol–water partition coefficient (Wildman–Crippen LogP) is 4.18. The molecule has 0 saturated heterocycles. The van der Waals surface area contributed by atoms with Gasteiger partial charge in [-0.05, 0) is 65.5 Å².